The highest BCUT2D eigenvalue weighted by molar-refractivity contribution is 6.32. The second-order valence-electron chi connectivity index (χ2n) is 14.8. The van der Waals surface area contributed by atoms with Crippen LogP contribution in [0.4, 0.5) is 11.4 Å². The highest BCUT2D eigenvalue weighted by Crippen LogP contribution is 2.50. The van der Waals surface area contributed by atoms with Crippen molar-refractivity contribution in [3.05, 3.63) is 118 Å². The Labute approximate surface area is 315 Å². The van der Waals surface area contributed by atoms with Gasteiger partial charge in [-0.1, -0.05) is 92.2 Å². The Balaban J connectivity index is 0.00000110. The average molecular weight is 744 g/mol. The topological polar surface area (TPSA) is 93.9 Å². The van der Waals surface area contributed by atoms with E-state index in [1.807, 2.05) is 0 Å². The molecule has 4 aromatic carbocycles. The van der Waals surface area contributed by atoms with Gasteiger partial charge in [0.05, 0.1) is 28.8 Å². The molecule has 1 atom stereocenters. The lowest BCUT2D eigenvalue weighted by Gasteiger charge is -2.34. The van der Waals surface area contributed by atoms with Crippen molar-refractivity contribution in [2.75, 3.05) is 45.4 Å². The zero-order valence-electron chi connectivity index (χ0n) is 30.9. The van der Waals surface area contributed by atoms with Crippen molar-refractivity contribution < 1.29 is 38.8 Å². The number of halogens is 2. The Morgan fingerprint density at radius 3 is 2.10 bits per heavy atom. The van der Waals surface area contributed by atoms with Crippen molar-refractivity contribution >= 4 is 50.2 Å². The summed E-state index contributed by atoms with van der Waals surface area (Å²) < 4.78 is 38.9. The molecule has 9 heteroatoms. The van der Waals surface area contributed by atoms with Crippen molar-refractivity contribution in [3.8, 4) is 0 Å². The summed E-state index contributed by atoms with van der Waals surface area (Å²) in [5, 5.41) is 6.12. The van der Waals surface area contributed by atoms with Crippen LogP contribution in [0.2, 0.25) is 0 Å². The molecule has 0 fully saturated rings. The lowest BCUT2D eigenvalue weighted by atomic mass is 9.77. The average Bonchev–Trinajstić information content (AvgIpc) is 3.47. The SMILES string of the molecule is COCCN1c2ccc3ccccc3c2C(C)(C)C1C=C1CCCC(C=CC2=[N+](CCOC)c3ccc4ccccc4c3C2(C)C)=C1Cl.[O-][Cl+2]([O-])[O-]. The van der Waals surface area contributed by atoms with Crippen LogP contribution in [-0.2, 0) is 20.3 Å². The van der Waals surface area contributed by atoms with Gasteiger partial charge in [-0.25, -0.2) is 0 Å². The fourth-order valence-electron chi connectivity index (χ4n) is 8.65. The van der Waals surface area contributed by atoms with Crippen LogP contribution in [0, 0.1) is 10.8 Å². The van der Waals surface area contributed by atoms with E-state index in [4.69, 9.17) is 35.1 Å². The van der Waals surface area contributed by atoms with E-state index in [2.05, 4.69) is 128 Å². The van der Waals surface area contributed by atoms with Crippen LogP contribution >= 0.6 is 11.6 Å². The second kappa shape index (κ2) is 15.8. The summed E-state index contributed by atoms with van der Waals surface area (Å²) in [5.41, 5.74) is 8.83. The first-order chi connectivity index (χ1) is 24.9. The van der Waals surface area contributed by atoms with Crippen LogP contribution in [0.25, 0.3) is 21.5 Å². The van der Waals surface area contributed by atoms with E-state index in [9.17, 15) is 0 Å². The quantitative estimate of drug-likeness (QED) is 0.184. The molecule has 7 rings (SSSR count). The molecule has 1 unspecified atom stereocenters. The van der Waals surface area contributed by atoms with Crippen LogP contribution in [0.5, 0.6) is 0 Å². The molecule has 1 aliphatic carbocycles. The predicted octanol–water partition coefficient (Wildman–Crippen LogP) is 6.42. The first-order valence-corrected chi connectivity index (χ1v) is 19.2. The molecule has 274 valence electrons. The maximum absolute atomic E-state index is 8.41. The van der Waals surface area contributed by atoms with Gasteiger partial charge in [0.1, 0.15) is 6.61 Å². The minimum atomic E-state index is -2.85. The van der Waals surface area contributed by atoms with Gasteiger partial charge in [-0.2, -0.15) is 4.58 Å². The van der Waals surface area contributed by atoms with Gasteiger partial charge >= 0.3 is 0 Å². The molecular weight excluding hydrogens is 695 g/mol. The van der Waals surface area contributed by atoms with E-state index in [-0.39, 0.29) is 16.9 Å². The molecule has 0 saturated heterocycles. The number of ether oxygens (including phenoxy) is 2. The number of anilines is 1. The van der Waals surface area contributed by atoms with E-state index < -0.39 is 10.8 Å². The molecular formula is C43H48Cl2N2O5. The molecule has 7 nitrogen and oxygen atoms in total. The lowest BCUT2D eigenvalue weighted by Crippen LogP contribution is -2.42. The number of nitrogens with zero attached hydrogens (tertiary/aromatic N) is 2. The summed E-state index contributed by atoms with van der Waals surface area (Å²) in [6.45, 7) is 12.4. The van der Waals surface area contributed by atoms with Crippen molar-refractivity contribution in [1.29, 1.82) is 0 Å². The molecule has 2 heterocycles. The Morgan fingerprint density at radius 1 is 0.827 bits per heavy atom. The number of methoxy groups -OCH3 is 2. The van der Waals surface area contributed by atoms with Gasteiger partial charge in [-0.05, 0) is 83.5 Å². The molecule has 0 N–H and O–H groups in total. The third-order valence-corrected chi connectivity index (χ3v) is 11.5. The monoisotopic (exact) mass is 742 g/mol. The standard InChI is InChI=1S/C43H48ClN2O2.ClO3/c1-42(2)37(45(24-26-47-5)35-21-18-29-12-7-9-16-33(29)39(35)42)23-20-31-14-11-15-32(41(31)44)28-38-43(3,4)40-34-17-10-8-13-30(34)19-22-36(40)46(38)25-27-48-6;2-1(3)4/h7-10,12-13,16-23,28,38H,11,14-15,24-27H2,1-6H3;/q+1;-1. The molecule has 52 heavy (non-hydrogen) atoms. The summed E-state index contributed by atoms with van der Waals surface area (Å²) >= 11 is 7.40. The third kappa shape index (κ3) is 7.21. The minimum absolute atomic E-state index is 0.109. The second-order valence-corrected chi connectivity index (χ2v) is 15.5. The molecule has 0 spiro atoms. The maximum atomic E-state index is 8.41. The molecule has 0 aromatic heterocycles. The van der Waals surface area contributed by atoms with Gasteiger partial charge in [0, 0.05) is 54.6 Å². The molecule has 0 amide bonds. The molecule has 0 bridgehead atoms. The summed E-state index contributed by atoms with van der Waals surface area (Å²) in [5.74, 6) is 0. The molecule has 2 aliphatic heterocycles. The van der Waals surface area contributed by atoms with Crippen molar-refractivity contribution in [2.45, 2.75) is 63.8 Å². The normalized spacial score (nSPS) is 20.0. The van der Waals surface area contributed by atoms with Crippen LogP contribution < -0.4 is 18.9 Å². The third-order valence-electron chi connectivity index (χ3n) is 11.0. The van der Waals surface area contributed by atoms with E-state index in [1.165, 1.54) is 60.9 Å². The fraction of sp³-hybridized carbons (Fsp3) is 0.372. The molecule has 0 radical (unpaired) electrons. The van der Waals surface area contributed by atoms with E-state index in [0.29, 0.717) is 13.2 Å². The van der Waals surface area contributed by atoms with E-state index >= 15 is 0 Å². The Kier molecular flexibility index (Phi) is 11.6. The van der Waals surface area contributed by atoms with Gasteiger partial charge < -0.3 is 28.4 Å². The Hall–Kier alpha value is -3.53. The number of allylic oxidation sites excluding steroid dienone is 5. The summed E-state index contributed by atoms with van der Waals surface area (Å²) in [7, 11) is 0.716. The zero-order valence-corrected chi connectivity index (χ0v) is 32.4. The fourth-order valence-corrected chi connectivity index (χ4v) is 8.96. The highest BCUT2D eigenvalue weighted by Gasteiger charge is 2.46. The molecule has 3 aliphatic rings. The first-order valence-electron chi connectivity index (χ1n) is 17.9. The van der Waals surface area contributed by atoms with E-state index in [1.54, 1.807) is 14.2 Å². The van der Waals surface area contributed by atoms with Gasteiger partial charge in [-0.3, -0.25) is 0 Å². The van der Waals surface area contributed by atoms with Crippen LogP contribution in [-0.4, -0.2) is 56.9 Å². The zero-order chi connectivity index (χ0) is 37.2. The van der Waals surface area contributed by atoms with Gasteiger partial charge in [-0.15, -0.1) is 0 Å². The van der Waals surface area contributed by atoms with E-state index in [0.717, 1.165) is 37.4 Å². The summed E-state index contributed by atoms with van der Waals surface area (Å²) in [4.78, 5) is 2.54. The van der Waals surface area contributed by atoms with Crippen LogP contribution in [0.3, 0.4) is 0 Å². The van der Waals surface area contributed by atoms with Gasteiger partial charge in [0.15, 0.2) is 12.3 Å². The number of hydrogen-bond donors (Lipinski definition) is 0. The summed E-state index contributed by atoms with van der Waals surface area (Å²) in [6.07, 6.45) is 10.1. The largest absolute Gasteiger partial charge is 0.383 e. The van der Waals surface area contributed by atoms with Crippen molar-refractivity contribution in [3.63, 3.8) is 0 Å². The number of fused-ring (bicyclic) bond motifs is 6. The van der Waals surface area contributed by atoms with Crippen LogP contribution in [0.1, 0.15) is 58.1 Å². The molecule has 0 saturated carbocycles. The van der Waals surface area contributed by atoms with Gasteiger partial charge in [0.25, 0.3) is 0 Å². The Morgan fingerprint density at radius 2 is 1.44 bits per heavy atom. The predicted molar refractivity (Wildman–Crippen MR) is 203 cm³/mol. The summed E-state index contributed by atoms with van der Waals surface area (Å²) in [6, 6.07) is 26.8. The molecule has 4 aromatic rings. The first kappa shape index (κ1) is 38.2. The van der Waals surface area contributed by atoms with Crippen LogP contribution in [0.15, 0.2) is 107 Å². The smallest absolute Gasteiger partial charge is 0.210 e. The van der Waals surface area contributed by atoms with Gasteiger partial charge in [0.2, 0.25) is 5.69 Å². The number of benzene rings is 4. The number of rotatable bonds is 9. The maximum Gasteiger partial charge on any atom is 0.210 e. The lowest BCUT2D eigenvalue weighted by molar-refractivity contribution is -1.73. The number of hydrogen-bond acceptors (Lipinski definition) is 6. The Bertz CT molecular complexity index is 2080. The van der Waals surface area contributed by atoms with Crippen molar-refractivity contribution in [2.24, 2.45) is 0 Å². The highest BCUT2D eigenvalue weighted by atomic mass is 35.6. The van der Waals surface area contributed by atoms with Crippen molar-refractivity contribution in [1.82, 2.24) is 0 Å². The minimum Gasteiger partial charge on any atom is -0.383 e.